The van der Waals surface area contributed by atoms with Crippen LogP contribution in [0.5, 0.6) is 0 Å². The summed E-state index contributed by atoms with van der Waals surface area (Å²) in [5.41, 5.74) is -1.34. The number of nitrogens with one attached hydrogen (secondary N) is 2. The lowest BCUT2D eigenvalue weighted by Gasteiger charge is -2.28. The number of aromatic nitrogens is 3. The van der Waals surface area contributed by atoms with E-state index in [0.29, 0.717) is 21.4 Å². The van der Waals surface area contributed by atoms with Gasteiger partial charge in [-0.25, -0.2) is 9.97 Å². The fourth-order valence-corrected chi connectivity index (χ4v) is 5.06. The minimum Gasteiger partial charge on any atom is -0.359 e. The fourth-order valence-electron chi connectivity index (χ4n) is 4.77. The molecular weight excluding hydrogens is 583 g/mol. The van der Waals surface area contributed by atoms with Crippen molar-refractivity contribution >= 4 is 40.0 Å². The van der Waals surface area contributed by atoms with Crippen LogP contribution < -0.4 is 10.6 Å². The number of fused-ring (bicyclic) bond motifs is 1. The van der Waals surface area contributed by atoms with Crippen molar-refractivity contribution in [2.75, 3.05) is 18.4 Å². The summed E-state index contributed by atoms with van der Waals surface area (Å²) in [7, 11) is 0. The van der Waals surface area contributed by atoms with Crippen LogP contribution in [0.25, 0.3) is 10.8 Å². The molecule has 230 valence electrons. The maximum atomic E-state index is 13.6. The van der Waals surface area contributed by atoms with E-state index in [1.807, 2.05) is 20.8 Å². The van der Waals surface area contributed by atoms with Crippen molar-refractivity contribution in [1.29, 1.82) is 5.26 Å². The average molecular weight is 618 g/mol. The zero-order chi connectivity index (χ0) is 32.1. The molecule has 1 aromatic carbocycles. The molecule has 0 bridgehead atoms. The van der Waals surface area contributed by atoms with Gasteiger partial charge in [0.25, 0.3) is 0 Å². The third-order valence-electron chi connectivity index (χ3n) is 7.07. The van der Waals surface area contributed by atoms with Crippen LogP contribution >= 0.6 is 11.6 Å². The van der Waals surface area contributed by atoms with Crippen LogP contribution in [0.1, 0.15) is 58.8 Å². The van der Waals surface area contributed by atoms with Gasteiger partial charge in [0.1, 0.15) is 12.1 Å². The van der Waals surface area contributed by atoms with Gasteiger partial charge in [-0.15, -0.1) is 0 Å². The van der Waals surface area contributed by atoms with E-state index in [-0.39, 0.29) is 12.5 Å². The molecule has 1 saturated heterocycles. The van der Waals surface area contributed by atoms with Gasteiger partial charge >= 0.3 is 6.18 Å². The zero-order valence-electron chi connectivity index (χ0n) is 24.8. The number of anilines is 1. The second kappa shape index (κ2) is 13.5. The van der Waals surface area contributed by atoms with E-state index in [1.165, 1.54) is 11.1 Å². The van der Waals surface area contributed by atoms with Crippen molar-refractivity contribution in [3.63, 3.8) is 0 Å². The van der Waals surface area contributed by atoms with Gasteiger partial charge in [0.15, 0.2) is 11.5 Å². The molecule has 43 heavy (non-hydrogen) atoms. The average Bonchev–Trinajstić information content (AvgIpc) is 3.18. The van der Waals surface area contributed by atoms with Crippen molar-refractivity contribution < 1.29 is 22.8 Å². The van der Waals surface area contributed by atoms with E-state index in [2.05, 4.69) is 52.4 Å². The lowest BCUT2D eigenvalue weighted by Crippen LogP contribution is -2.50. The third-order valence-corrected chi connectivity index (χ3v) is 7.39. The first-order chi connectivity index (χ1) is 20.1. The molecule has 9 nitrogen and oxygen atoms in total. The van der Waals surface area contributed by atoms with Crippen molar-refractivity contribution in [2.24, 2.45) is 17.3 Å². The Morgan fingerprint density at radius 2 is 1.84 bits per heavy atom. The van der Waals surface area contributed by atoms with Crippen LogP contribution in [0.3, 0.4) is 0 Å². The molecule has 2 aromatic heterocycles. The minimum absolute atomic E-state index is 0.179. The molecule has 3 heterocycles. The topological polar surface area (TPSA) is 124 Å². The zero-order valence-corrected chi connectivity index (χ0v) is 25.6. The predicted octanol–water partition coefficient (Wildman–Crippen LogP) is 6.03. The molecule has 3 aromatic rings. The smallest absolute Gasteiger partial charge is 0.359 e. The van der Waals surface area contributed by atoms with E-state index in [0.717, 1.165) is 18.3 Å². The van der Waals surface area contributed by atoms with Crippen LogP contribution in [-0.2, 0) is 15.8 Å². The summed E-state index contributed by atoms with van der Waals surface area (Å²) in [6.45, 7) is 11.7. The van der Waals surface area contributed by atoms with Crippen LogP contribution in [0, 0.1) is 28.6 Å². The first kappa shape index (κ1) is 33.5. The molecule has 1 aliphatic rings. The first-order valence-electron chi connectivity index (χ1n) is 13.7. The Kier molecular flexibility index (Phi) is 10.6. The number of carbonyl (C=O) groups excluding carboxylic acids is 2. The van der Waals surface area contributed by atoms with Crippen molar-refractivity contribution in [3.8, 4) is 6.07 Å². The van der Waals surface area contributed by atoms with Gasteiger partial charge in [-0.05, 0) is 23.3 Å². The van der Waals surface area contributed by atoms with E-state index in [1.54, 1.807) is 24.4 Å². The van der Waals surface area contributed by atoms with Gasteiger partial charge in [0.05, 0.1) is 12.6 Å². The Hall–Kier alpha value is -3.98. The summed E-state index contributed by atoms with van der Waals surface area (Å²) >= 11 is 6.39. The maximum Gasteiger partial charge on any atom is 0.437 e. The molecule has 0 radical (unpaired) electrons. The van der Waals surface area contributed by atoms with Gasteiger partial charge in [-0.2, -0.15) is 18.4 Å². The third kappa shape index (κ3) is 7.90. The second-order valence-electron chi connectivity index (χ2n) is 11.7. The molecule has 1 aliphatic heterocycles. The standard InChI is InChI=1S/C26H25ClF3N7O2.C4H10/c1-14-21(24(39)36-18(9-31)16-11-32-10-15-5-4-6-17(27)20(15)16)37(13-25(14,2)3)19(38)12-35-23-22(26(28,29)30)33-7-8-34-23;1-4(2)3/h4-8,10-11,14,18,21H,12-13H2,1-3H3,(H,34,35)(H,36,39);4H,1-3H3/t14?,18?,21-;/m0./s1. The van der Waals surface area contributed by atoms with Crippen LogP contribution in [-0.4, -0.2) is 50.8 Å². The quantitative estimate of drug-likeness (QED) is 0.346. The predicted molar refractivity (Wildman–Crippen MR) is 158 cm³/mol. The number of carbonyl (C=O) groups is 2. The SMILES string of the molecule is CC(C)C.CC1[C@@H](C(=O)NC(C#N)c2cncc3cccc(Cl)c23)N(C(=O)CNc2nccnc2C(F)(F)F)CC1(C)C. The number of halogens is 4. The highest BCUT2D eigenvalue weighted by molar-refractivity contribution is 6.35. The molecule has 1 fully saturated rings. The lowest BCUT2D eigenvalue weighted by molar-refractivity contribution is -0.141. The van der Waals surface area contributed by atoms with Crippen molar-refractivity contribution in [2.45, 2.75) is 59.8 Å². The number of pyridine rings is 1. The number of benzene rings is 1. The van der Waals surface area contributed by atoms with Gasteiger partial charge in [-0.3, -0.25) is 14.6 Å². The van der Waals surface area contributed by atoms with Gasteiger partial charge in [-0.1, -0.05) is 65.3 Å². The first-order valence-corrected chi connectivity index (χ1v) is 14.1. The molecule has 2 N–H and O–H groups in total. The number of rotatable bonds is 6. The molecule has 13 heteroatoms. The Morgan fingerprint density at radius 3 is 2.47 bits per heavy atom. The summed E-state index contributed by atoms with van der Waals surface area (Å²) in [4.78, 5) is 39.3. The van der Waals surface area contributed by atoms with E-state index in [9.17, 15) is 28.0 Å². The van der Waals surface area contributed by atoms with Gasteiger partial charge in [0, 0.05) is 52.7 Å². The van der Waals surface area contributed by atoms with Crippen molar-refractivity contribution in [3.05, 3.63) is 59.3 Å². The Balaban J connectivity index is 0.00000119. The highest BCUT2D eigenvalue weighted by atomic mass is 35.5. The van der Waals surface area contributed by atoms with E-state index in [4.69, 9.17) is 11.6 Å². The van der Waals surface area contributed by atoms with Gasteiger partial charge in [0.2, 0.25) is 11.8 Å². The van der Waals surface area contributed by atoms with Crippen LogP contribution in [0.2, 0.25) is 5.02 Å². The highest BCUT2D eigenvalue weighted by Crippen LogP contribution is 2.40. The summed E-state index contributed by atoms with van der Waals surface area (Å²) in [5.74, 6) is -1.27. The second-order valence-corrected chi connectivity index (χ2v) is 12.1. The number of likely N-dealkylation sites (tertiary alicyclic amines) is 1. The molecule has 0 aliphatic carbocycles. The molecule has 2 unspecified atom stereocenters. The summed E-state index contributed by atoms with van der Waals surface area (Å²) in [6.07, 6.45) is 0.270. The fraction of sp³-hybridized carbons (Fsp3) is 0.467. The number of nitriles is 1. The van der Waals surface area contributed by atoms with Gasteiger partial charge < -0.3 is 15.5 Å². The Labute approximate surface area is 253 Å². The molecule has 0 saturated carbocycles. The summed E-state index contributed by atoms with van der Waals surface area (Å²) in [6, 6.07) is 5.17. The van der Waals surface area contributed by atoms with Crippen LogP contribution in [0.4, 0.5) is 19.0 Å². The molecule has 3 atom stereocenters. The monoisotopic (exact) mass is 617 g/mol. The molecule has 2 amide bonds. The van der Waals surface area contributed by atoms with E-state index >= 15 is 0 Å². The van der Waals surface area contributed by atoms with Crippen molar-refractivity contribution in [1.82, 2.24) is 25.2 Å². The normalized spacial score (nSPS) is 18.4. The minimum atomic E-state index is -4.77. The lowest BCUT2D eigenvalue weighted by atomic mass is 9.80. The van der Waals surface area contributed by atoms with Crippen LogP contribution in [0.15, 0.2) is 43.0 Å². The number of hydrogen-bond acceptors (Lipinski definition) is 7. The number of hydrogen-bond donors (Lipinski definition) is 2. The number of amides is 2. The Bertz CT molecular complexity index is 1500. The largest absolute Gasteiger partial charge is 0.437 e. The summed E-state index contributed by atoms with van der Waals surface area (Å²) in [5, 5.41) is 16.7. The highest BCUT2D eigenvalue weighted by Gasteiger charge is 2.50. The summed E-state index contributed by atoms with van der Waals surface area (Å²) < 4.78 is 39.8. The maximum absolute atomic E-state index is 13.6. The number of alkyl halides is 3. The van der Waals surface area contributed by atoms with E-state index < -0.39 is 53.5 Å². The molecule has 4 rings (SSSR count). The molecular formula is C30H35ClF3N7O2. The molecule has 0 spiro atoms. The number of nitrogens with zero attached hydrogens (tertiary/aromatic N) is 5. The Morgan fingerprint density at radius 1 is 1.19 bits per heavy atom.